The van der Waals surface area contributed by atoms with Crippen LogP contribution in [-0.4, -0.2) is 23.1 Å². The van der Waals surface area contributed by atoms with Crippen LogP contribution < -0.4 is 10.2 Å². The lowest BCUT2D eigenvalue weighted by atomic mass is 9.99. The van der Waals surface area contributed by atoms with Gasteiger partial charge in [0.05, 0.1) is 17.3 Å². The van der Waals surface area contributed by atoms with Crippen LogP contribution in [0, 0.1) is 6.92 Å². The molecule has 1 aromatic heterocycles. The number of esters is 1. The normalized spacial score (nSPS) is 11.3. The number of carbonyl (C=O) groups is 2. The first-order valence-electron chi connectivity index (χ1n) is 13.0. The van der Waals surface area contributed by atoms with E-state index in [-0.39, 0.29) is 0 Å². The largest absolute Gasteiger partial charge is 0.422 e. The van der Waals surface area contributed by atoms with E-state index in [0.29, 0.717) is 22.6 Å². The lowest BCUT2D eigenvalue weighted by Gasteiger charge is -2.09. The molecule has 6 nitrogen and oxygen atoms in total. The predicted molar refractivity (Wildman–Crippen MR) is 167 cm³/mol. The van der Waals surface area contributed by atoms with Crippen LogP contribution in [0.5, 0.6) is 5.75 Å². The molecule has 0 radical (unpaired) electrons. The molecule has 0 fully saturated rings. The number of benzene rings is 5. The first kappa shape index (κ1) is 26.2. The van der Waals surface area contributed by atoms with Crippen LogP contribution in [0.15, 0.2) is 119 Å². The molecule has 0 unspecified atom stereocenters. The zero-order valence-corrected chi connectivity index (χ0v) is 23.6. The molecule has 0 saturated carbocycles. The van der Waals surface area contributed by atoms with Crippen LogP contribution in [-0.2, 0) is 0 Å². The number of hydrazone groups is 1. The second-order valence-electron chi connectivity index (χ2n) is 9.59. The van der Waals surface area contributed by atoms with E-state index in [0.717, 1.165) is 42.8 Å². The van der Waals surface area contributed by atoms with Gasteiger partial charge in [0.25, 0.3) is 5.91 Å². The maximum Gasteiger partial charge on any atom is 0.343 e. The van der Waals surface area contributed by atoms with Crippen molar-refractivity contribution >= 4 is 55.7 Å². The van der Waals surface area contributed by atoms with Crippen molar-refractivity contribution in [2.24, 2.45) is 5.10 Å². The number of aromatic amines is 1. The Morgan fingerprint density at radius 2 is 1.66 bits per heavy atom. The Balaban J connectivity index is 1.32. The SMILES string of the molecule is Cc1cccc(C(=O)Oc2ccc(Br)cc2C=NNC(=O)c2[nH]c3c(ccc4ccccc43)c2-c2ccccc2)c1. The highest BCUT2D eigenvalue weighted by Gasteiger charge is 2.20. The van der Waals surface area contributed by atoms with E-state index >= 15 is 0 Å². The van der Waals surface area contributed by atoms with Gasteiger partial charge in [-0.25, -0.2) is 10.2 Å². The Labute approximate surface area is 244 Å². The molecular formula is C34H24BrN3O3. The zero-order valence-electron chi connectivity index (χ0n) is 22.0. The molecule has 7 heteroatoms. The number of nitrogens with one attached hydrogen (secondary N) is 2. The molecule has 41 heavy (non-hydrogen) atoms. The van der Waals surface area contributed by atoms with Gasteiger partial charge in [0.2, 0.25) is 0 Å². The topological polar surface area (TPSA) is 83.5 Å². The van der Waals surface area contributed by atoms with Crippen molar-refractivity contribution in [3.05, 3.63) is 136 Å². The average molecular weight is 602 g/mol. The molecule has 0 saturated heterocycles. The molecule has 1 amide bonds. The summed E-state index contributed by atoms with van der Waals surface area (Å²) in [4.78, 5) is 29.7. The fourth-order valence-electron chi connectivity index (χ4n) is 4.87. The van der Waals surface area contributed by atoms with Crippen molar-refractivity contribution in [3.63, 3.8) is 0 Å². The van der Waals surface area contributed by atoms with Gasteiger partial charge in [0.15, 0.2) is 0 Å². The highest BCUT2D eigenvalue weighted by Crippen LogP contribution is 2.36. The van der Waals surface area contributed by atoms with Crippen LogP contribution in [0.25, 0.3) is 32.8 Å². The molecular weight excluding hydrogens is 578 g/mol. The van der Waals surface area contributed by atoms with E-state index in [1.54, 1.807) is 30.3 Å². The van der Waals surface area contributed by atoms with Crippen molar-refractivity contribution in [2.45, 2.75) is 6.92 Å². The van der Waals surface area contributed by atoms with Crippen LogP contribution in [0.4, 0.5) is 0 Å². The molecule has 0 aliphatic rings. The van der Waals surface area contributed by atoms with E-state index < -0.39 is 11.9 Å². The summed E-state index contributed by atoms with van der Waals surface area (Å²) in [5.74, 6) is -0.555. The Kier molecular flexibility index (Phi) is 7.18. The molecule has 0 aliphatic heterocycles. The molecule has 0 bridgehead atoms. The summed E-state index contributed by atoms with van der Waals surface area (Å²) in [6.45, 7) is 1.91. The third-order valence-corrected chi connectivity index (χ3v) is 7.28. The van der Waals surface area contributed by atoms with Gasteiger partial charge in [-0.15, -0.1) is 0 Å². The molecule has 2 N–H and O–H groups in total. The number of carbonyl (C=O) groups excluding carboxylic acids is 2. The Hall–Kier alpha value is -5.01. The summed E-state index contributed by atoms with van der Waals surface area (Å²) in [5.41, 5.74) is 7.58. The Bertz CT molecular complexity index is 1960. The van der Waals surface area contributed by atoms with Gasteiger partial charge in [0.1, 0.15) is 11.4 Å². The molecule has 0 spiro atoms. The minimum atomic E-state index is -0.479. The van der Waals surface area contributed by atoms with E-state index in [1.807, 2.05) is 79.7 Å². The number of amides is 1. The van der Waals surface area contributed by atoms with Crippen molar-refractivity contribution in [1.29, 1.82) is 0 Å². The molecule has 0 aliphatic carbocycles. The molecule has 200 valence electrons. The second kappa shape index (κ2) is 11.2. The minimum Gasteiger partial charge on any atom is -0.422 e. The zero-order chi connectivity index (χ0) is 28.3. The lowest BCUT2D eigenvalue weighted by Crippen LogP contribution is -2.19. The van der Waals surface area contributed by atoms with Crippen LogP contribution in [0.1, 0.15) is 32.0 Å². The third kappa shape index (κ3) is 5.40. The van der Waals surface area contributed by atoms with Crippen molar-refractivity contribution in [1.82, 2.24) is 10.4 Å². The summed E-state index contributed by atoms with van der Waals surface area (Å²) in [6, 6.07) is 34.4. The van der Waals surface area contributed by atoms with E-state index in [4.69, 9.17) is 4.74 Å². The van der Waals surface area contributed by atoms with Gasteiger partial charge in [-0.05, 0) is 48.2 Å². The average Bonchev–Trinajstić information content (AvgIpc) is 3.39. The third-order valence-electron chi connectivity index (χ3n) is 6.79. The number of nitrogens with zero attached hydrogens (tertiary/aromatic N) is 1. The van der Waals surface area contributed by atoms with Gasteiger partial charge in [-0.1, -0.05) is 100 Å². The first-order chi connectivity index (χ1) is 20.0. The molecule has 6 aromatic rings. The highest BCUT2D eigenvalue weighted by molar-refractivity contribution is 9.10. The van der Waals surface area contributed by atoms with E-state index in [1.165, 1.54) is 6.21 Å². The van der Waals surface area contributed by atoms with Crippen LogP contribution in [0.3, 0.4) is 0 Å². The van der Waals surface area contributed by atoms with Crippen molar-refractivity contribution < 1.29 is 14.3 Å². The van der Waals surface area contributed by atoms with Gasteiger partial charge in [-0.2, -0.15) is 5.10 Å². The van der Waals surface area contributed by atoms with Crippen molar-refractivity contribution in [3.8, 4) is 16.9 Å². The Morgan fingerprint density at radius 1 is 0.854 bits per heavy atom. The minimum absolute atomic E-state index is 0.319. The summed E-state index contributed by atoms with van der Waals surface area (Å²) in [7, 11) is 0. The van der Waals surface area contributed by atoms with E-state index in [2.05, 4.69) is 37.5 Å². The smallest absolute Gasteiger partial charge is 0.343 e. The molecule has 0 atom stereocenters. The standard InChI is InChI=1S/C34H24BrN3O3/c1-21-8-7-12-24(18-21)34(40)41-29-17-15-26(35)19-25(29)20-36-38-33(39)32-30(23-10-3-2-4-11-23)28-16-14-22-9-5-6-13-27(22)31(28)37-32/h2-20,37H,1H3,(H,38,39). The van der Waals surface area contributed by atoms with Gasteiger partial charge >= 0.3 is 5.97 Å². The number of fused-ring (bicyclic) bond motifs is 3. The number of halogens is 1. The van der Waals surface area contributed by atoms with Gasteiger partial charge in [-0.3, -0.25) is 4.79 Å². The quantitative estimate of drug-likeness (QED) is 0.0876. The van der Waals surface area contributed by atoms with Crippen LogP contribution >= 0.6 is 15.9 Å². The number of rotatable bonds is 6. The maximum absolute atomic E-state index is 13.5. The van der Waals surface area contributed by atoms with Gasteiger partial charge < -0.3 is 9.72 Å². The molecule has 6 rings (SSSR count). The summed E-state index contributed by atoms with van der Waals surface area (Å²) >= 11 is 3.45. The Morgan fingerprint density at radius 3 is 2.49 bits per heavy atom. The lowest BCUT2D eigenvalue weighted by molar-refractivity contribution is 0.0734. The number of hydrogen-bond acceptors (Lipinski definition) is 4. The fourth-order valence-corrected chi connectivity index (χ4v) is 5.25. The molecule has 1 heterocycles. The maximum atomic E-state index is 13.5. The number of aromatic nitrogens is 1. The predicted octanol–water partition coefficient (Wildman–Crippen LogP) is 8.04. The first-order valence-corrected chi connectivity index (χ1v) is 13.8. The van der Waals surface area contributed by atoms with Gasteiger partial charge in [0, 0.05) is 26.4 Å². The highest BCUT2D eigenvalue weighted by atomic mass is 79.9. The van der Waals surface area contributed by atoms with Crippen LogP contribution in [0.2, 0.25) is 0 Å². The number of aryl methyl sites for hydroxylation is 1. The number of hydrogen-bond donors (Lipinski definition) is 2. The summed E-state index contributed by atoms with van der Waals surface area (Å²) in [6.07, 6.45) is 1.46. The number of ether oxygens (including phenoxy) is 1. The monoisotopic (exact) mass is 601 g/mol. The second-order valence-corrected chi connectivity index (χ2v) is 10.5. The fraction of sp³-hybridized carbons (Fsp3) is 0.0294. The number of H-pyrrole nitrogens is 1. The van der Waals surface area contributed by atoms with Crippen molar-refractivity contribution in [2.75, 3.05) is 0 Å². The molecule has 5 aromatic carbocycles. The summed E-state index contributed by atoms with van der Waals surface area (Å²) < 4.78 is 6.44. The summed E-state index contributed by atoms with van der Waals surface area (Å²) in [5, 5.41) is 7.27. The van der Waals surface area contributed by atoms with E-state index in [9.17, 15) is 9.59 Å².